The molecule has 1 aromatic carbocycles. The number of H-pyrrole nitrogens is 1. The van der Waals surface area contributed by atoms with Crippen LogP contribution in [0.2, 0.25) is 0 Å². The summed E-state index contributed by atoms with van der Waals surface area (Å²) in [5.74, 6) is 1.79. The lowest BCUT2D eigenvalue weighted by Gasteiger charge is -2.22. The molecule has 8 heteroatoms. The first-order chi connectivity index (χ1) is 12.2. The number of hydrogen-bond donors (Lipinski definition) is 2. The number of aromatic nitrogens is 3. The molecule has 0 saturated carbocycles. The van der Waals surface area contributed by atoms with Gasteiger partial charge in [-0.15, -0.1) is 0 Å². The van der Waals surface area contributed by atoms with E-state index in [2.05, 4.69) is 19.9 Å². The van der Waals surface area contributed by atoms with Crippen LogP contribution in [-0.4, -0.2) is 34.7 Å². The summed E-state index contributed by atoms with van der Waals surface area (Å²) >= 11 is 1.37. The van der Waals surface area contributed by atoms with Gasteiger partial charge in [0.15, 0.2) is 5.82 Å². The first-order valence-corrected chi connectivity index (χ1v) is 8.54. The van der Waals surface area contributed by atoms with E-state index in [1.807, 2.05) is 23.6 Å². The van der Waals surface area contributed by atoms with Crippen LogP contribution in [-0.2, 0) is 4.79 Å². The van der Waals surface area contributed by atoms with E-state index in [0.717, 1.165) is 22.4 Å². The number of aromatic amines is 1. The molecule has 0 radical (unpaired) electrons. The third kappa shape index (κ3) is 2.64. The van der Waals surface area contributed by atoms with Crippen molar-refractivity contribution in [2.24, 2.45) is 0 Å². The molecule has 25 heavy (non-hydrogen) atoms. The Hall–Kier alpha value is -2.87. The van der Waals surface area contributed by atoms with Crippen molar-refractivity contribution in [2.75, 3.05) is 19.5 Å². The van der Waals surface area contributed by atoms with Crippen LogP contribution in [0.1, 0.15) is 23.5 Å². The van der Waals surface area contributed by atoms with Crippen LogP contribution in [0.3, 0.4) is 0 Å². The van der Waals surface area contributed by atoms with Crippen molar-refractivity contribution in [1.29, 1.82) is 0 Å². The highest BCUT2D eigenvalue weighted by Gasteiger charge is 2.33. The summed E-state index contributed by atoms with van der Waals surface area (Å²) in [5, 5.41) is 12.2. The number of nitrogens with zero attached hydrogens (tertiary/aromatic N) is 2. The third-order valence-corrected chi connectivity index (χ3v) is 4.94. The Morgan fingerprint density at radius 1 is 1.28 bits per heavy atom. The second-order valence-corrected chi connectivity index (χ2v) is 6.35. The van der Waals surface area contributed by atoms with Crippen molar-refractivity contribution >= 4 is 23.3 Å². The Morgan fingerprint density at radius 3 is 2.88 bits per heavy atom. The summed E-state index contributed by atoms with van der Waals surface area (Å²) in [4.78, 5) is 12.1. The van der Waals surface area contributed by atoms with Crippen molar-refractivity contribution in [2.45, 2.75) is 12.3 Å². The number of anilines is 1. The zero-order chi connectivity index (χ0) is 17.4. The average Bonchev–Trinajstić information content (AvgIpc) is 3.30. The molecular weight excluding hydrogens is 340 g/mol. The normalized spacial score (nSPS) is 16.2. The van der Waals surface area contributed by atoms with E-state index in [4.69, 9.17) is 9.47 Å². The molecule has 1 atom stereocenters. The number of methoxy groups -OCH3 is 2. The van der Waals surface area contributed by atoms with Crippen molar-refractivity contribution in [3.05, 3.63) is 40.9 Å². The predicted molar refractivity (Wildman–Crippen MR) is 94.3 cm³/mol. The van der Waals surface area contributed by atoms with Crippen molar-refractivity contribution < 1.29 is 14.3 Å². The van der Waals surface area contributed by atoms with E-state index in [1.54, 1.807) is 20.4 Å². The minimum absolute atomic E-state index is 0.0524. The predicted octanol–water partition coefficient (Wildman–Crippen LogP) is 3.02. The lowest BCUT2D eigenvalue weighted by molar-refractivity contribution is -0.116. The summed E-state index contributed by atoms with van der Waals surface area (Å²) < 4.78 is 15.0. The van der Waals surface area contributed by atoms with E-state index in [-0.39, 0.29) is 11.8 Å². The minimum atomic E-state index is -0.0944. The van der Waals surface area contributed by atoms with Gasteiger partial charge in [-0.3, -0.25) is 9.89 Å². The third-order valence-electron chi connectivity index (χ3n) is 4.33. The first-order valence-electron chi connectivity index (χ1n) is 7.71. The van der Waals surface area contributed by atoms with Gasteiger partial charge in [0.05, 0.1) is 19.9 Å². The van der Waals surface area contributed by atoms with Crippen molar-refractivity contribution in [3.63, 3.8) is 0 Å². The largest absolute Gasteiger partial charge is 0.497 e. The van der Waals surface area contributed by atoms with Crippen molar-refractivity contribution in [3.8, 4) is 22.8 Å². The number of fused-ring (bicyclic) bond motifs is 1. The zero-order valence-electron chi connectivity index (χ0n) is 13.7. The molecule has 2 N–H and O–H groups in total. The van der Waals surface area contributed by atoms with Gasteiger partial charge in [0.1, 0.15) is 11.5 Å². The number of rotatable bonds is 4. The SMILES string of the molecule is COc1ccc(-c2[nH]nc3c2C(c2cnsc2)CC(=O)N3)c(OC)c1. The maximum absolute atomic E-state index is 12.1. The van der Waals surface area contributed by atoms with E-state index < -0.39 is 0 Å². The Labute approximate surface area is 148 Å². The Balaban J connectivity index is 1.88. The molecule has 3 heterocycles. The summed E-state index contributed by atoms with van der Waals surface area (Å²) in [5.41, 5.74) is 3.64. The number of nitrogens with one attached hydrogen (secondary N) is 2. The number of carbonyl (C=O) groups excluding carboxylic acids is 1. The van der Waals surface area contributed by atoms with Crippen LogP contribution >= 0.6 is 11.5 Å². The molecule has 0 saturated heterocycles. The number of amides is 1. The second-order valence-electron chi connectivity index (χ2n) is 5.69. The highest BCUT2D eigenvalue weighted by Crippen LogP contribution is 2.44. The van der Waals surface area contributed by atoms with Gasteiger partial charge < -0.3 is 14.8 Å². The monoisotopic (exact) mass is 356 g/mol. The average molecular weight is 356 g/mol. The lowest BCUT2D eigenvalue weighted by Crippen LogP contribution is -2.23. The first kappa shape index (κ1) is 15.6. The molecule has 0 spiro atoms. The summed E-state index contributed by atoms with van der Waals surface area (Å²) in [6, 6.07) is 5.61. The molecule has 0 bridgehead atoms. The molecular formula is C17H16N4O3S. The van der Waals surface area contributed by atoms with Gasteiger partial charge in [0, 0.05) is 41.1 Å². The summed E-state index contributed by atoms with van der Waals surface area (Å²) in [6.07, 6.45) is 2.16. The number of carbonyl (C=O) groups is 1. The van der Waals surface area contributed by atoms with Gasteiger partial charge in [0.2, 0.25) is 5.91 Å². The molecule has 1 unspecified atom stereocenters. The van der Waals surface area contributed by atoms with Crippen molar-refractivity contribution in [1.82, 2.24) is 14.6 Å². The number of hydrogen-bond acceptors (Lipinski definition) is 6. The van der Waals surface area contributed by atoms with Crippen LogP contribution < -0.4 is 14.8 Å². The smallest absolute Gasteiger partial charge is 0.226 e. The Kier molecular flexibility index (Phi) is 3.89. The van der Waals surface area contributed by atoms with Crippen LogP contribution in [0.4, 0.5) is 5.82 Å². The molecule has 7 nitrogen and oxygen atoms in total. The standard InChI is InChI=1S/C17H16N4O3S/c1-23-10-3-4-11(13(5-10)24-2)16-15-12(9-7-18-25-8-9)6-14(22)19-17(15)21-20-16/h3-5,7-8,12H,6H2,1-2H3,(H2,19,20,21,22). The van der Waals surface area contributed by atoms with E-state index >= 15 is 0 Å². The van der Waals surface area contributed by atoms with Crippen LogP contribution in [0.5, 0.6) is 11.5 Å². The molecule has 1 amide bonds. The molecule has 2 aromatic heterocycles. The minimum Gasteiger partial charge on any atom is -0.497 e. The highest BCUT2D eigenvalue weighted by atomic mass is 32.1. The fourth-order valence-electron chi connectivity index (χ4n) is 3.14. The van der Waals surface area contributed by atoms with Crippen LogP contribution in [0.15, 0.2) is 29.8 Å². The van der Waals surface area contributed by atoms with Crippen LogP contribution in [0, 0.1) is 0 Å². The fraction of sp³-hybridized carbons (Fsp3) is 0.235. The number of benzene rings is 1. The molecule has 0 aliphatic carbocycles. The maximum atomic E-state index is 12.1. The molecule has 0 fully saturated rings. The van der Waals surface area contributed by atoms with E-state index in [9.17, 15) is 4.79 Å². The van der Waals surface area contributed by atoms with E-state index in [1.165, 1.54) is 11.5 Å². The number of ether oxygens (including phenoxy) is 2. The molecule has 4 rings (SSSR count). The fourth-order valence-corrected chi connectivity index (χ4v) is 3.73. The molecule has 1 aliphatic rings. The van der Waals surface area contributed by atoms with Gasteiger partial charge in [-0.25, -0.2) is 4.37 Å². The molecule has 3 aromatic rings. The Bertz CT molecular complexity index is 920. The molecule has 128 valence electrons. The van der Waals surface area contributed by atoms with Gasteiger partial charge in [0.25, 0.3) is 0 Å². The van der Waals surface area contributed by atoms with Gasteiger partial charge in [-0.1, -0.05) is 0 Å². The summed E-state index contributed by atoms with van der Waals surface area (Å²) in [6.45, 7) is 0. The van der Waals surface area contributed by atoms with Gasteiger partial charge >= 0.3 is 0 Å². The van der Waals surface area contributed by atoms with Gasteiger partial charge in [-0.05, 0) is 29.2 Å². The quantitative estimate of drug-likeness (QED) is 0.750. The Morgan fingerprint density at radius 2 is 2.16 bits per heavy atom. The van der Waals surface area contributed by atoms with Crippen LogP contribution in [0.25, 0.3) is 11.3 Å². The second kappa shape index (κ2) is 6.21. The summed E-state index contributed by atoms with van der Waals surface area (Å²) in [7, 11) is 3.23. The topological polar surface area (TPSA) is 89.1 Å². The maximum Gasteiger partial charge on any atom is 0.226 e. The lowest BCUT2D eigenvalue weighted by atomic mass is 9.86. The highest BCUT2D eigenvalue weighted by molar-refractivity contribution is 7.03. The van der Waals surface area contributed by atoms with Gasteiger partial charge in [-0.2, -0.15) is 5.10 Å². The molecule has 1 aliphatic heterocycles. The zero-order valence-corrected chi connectivity index (χ0v) is 14.5. The van der Waals surface area contributed by atoms with E-state index in [0.29, 0.717) is 23.7 Å².